The molecule has 1 aliphatic heterocycles. The van der Waals surface area contributed by atoms with Crippen molar-refractivity contribution < 1.29 is 42.3 Å². The second-order valence-corrected chi connectivity index (χ2v) is 20.8. The van der Waals surface area contributed by atoms with Gasteiger partial charge in [-0.3, -0.25) is 23.9 Å². The van der Waals surface area contributed by atoms with Gasteiger partial charge in [0.1, 0.15) is 48.2 Å². The van der Waals surface area contributed by atoms with E-state index in [2.05, 4.69) is 55.9 Å². The Balaban J connectivity index is 0.991. The predicted octanol–water partition coefficient (Wildman–Crippen LogP) is 9.51. The number of fused-ring (bicyclic) bond motifs is 3. The van der Waals surface area contributed by atoms with E-state index in [4.69, 9.17) is 39.3 Å². The molecule has 1 aromatic heterocycles. The van der Waals surface area contributed by atoms with Gasteiger partial charge < -0.3 is 42.9 Å². The minimum Gasteiger partial charge on any atom is -0.497 e. The molecule has 1 aliphatic carbocycles. The van der Waals surface area contributed by atoms with E-state index in [1.54, 1.807) is 14.2 Å². The molecule has 2 aliphatic rings. The quantitative estimate of drug-likeness (QED) is 0.0147. The highest BCUT2D eigenvalue weighted by molar-refractivity contribution is 7.44. The average molecular weight is 1080 g/mol. The number of hydrogen-bond donors (Lipinski definition) is 2. The first kappa shape index (κ1) is 56.8. The molecular weight excluding hydrogens is 1010 g/mol. The summed E-state index contributed by atoms with van der Waals surface area (Å²) in [5.74, 6) is 6.20. The minimum absolute atomic E-state index is 0.00490. The second-order valence-electron chi connectivity index (χ2n) is 19.4. The molecule has 16 nitrogen and oxygen atoms in total. The summed E-state index contributed by atoms with van der Waals surface area (Å²) in [4.78, 5) is 58.6. The van der Waals surface area contributed by atoms with Crippen molar-refractivity contribution in [3.05, 3.63) is 199 Å². The number of carbonyl (C=O) groups excluding carboxylic acids is 2. The van der Waals surface area contributed by atoms with Gasteiger partial charge in [-0.1, -0.05) is 115 Å². The number of benzene rings is 5. The van der Waals surface area contributed by atoms with Crippen molar-refractivity contribution in [1.29, 1.82) is 0 Å². The largest absolute Gasteiger partial charge is 0.497 e. The summed E-state index contributed by atoms with van der Waals surface area (Å²) in [6.45, 7) is 16.0. The molecule has 5 aromatic carbocycles. The Morgan fingerprint density at radius 3 is 2.00 bits per heavy atom. The molecule has 0 bridgehead atoms. The molecule has 78 heavy (non-hydrogen) atoms. The summed E-state index contributed by atoms with van der Waals surface area (Å²) >= 11 is 0. The Bertz CT molecular complexity index is 3120. The Hall–Kier alpha value is -7.40. The minimum atomic E-state index is -1.78. The highest BCUT2D eigenvalue weighted by Crippen LogP contribution is 2.51. The van der Waals surface area contributed by atoms with Crippen molar-refractivity contribution >= 4 is 20.4 Å². The lowest BCUT2D eigenvalue weighted by Gasteiger charge is -2.39. The van der Waals surface area contributed by atoms with Crippen LogP contribution in [0.2, 0.25) is 0 Å². The van der Waals surface area contributed by atoms with Crippen LogP contribution in [-0.2, 0) is 38.4 Å². The van der Waals surface area contributed by atoms with Gasteiger partial charge in [-0.05, 0) is 97.3 Å². The molecule has 4 atom stereocenters. The lowest BCUT2D eigenvalue weighted by atomic mass is 9.80. The molecule has 1 amide bonds. The molecule has 2 unspecified atom stereocenters. The number of esters is 1. The van der Waals surface area contributed by atoms with E-state index in [1.165, 1.54) is 10.8 Å². The standard InChI is InChI=1S/C61H66N5O11P/c1-41(2)66(42(3)4)78(75-36-35-62-5)77-54-37-57(76-55(54)40-74-61(44-18-9-8-10-19-44,45-26-30-47(71-6)31-27-45)46-28-32-48(72-7)33-29-46)65-38-43(59(69)64-60(65)70)17-16-34-63-56(67)24-15-25-58(68)73-39-53-51-22-13-11-20-49(51)50-21-12-14-23-52(50)53/h8-14,18-23,26-33,38,41-42,53-55,57H,15,24-25,34-37,39-40H2,1-4,6-7H3,(H,63,67)(H,64,69,70)/t54?,55-,57-,78?/m1/s1. The zero-order chi connectivity index (χ0) is 55.2. The second kappa shape index (κ2) is 26.8. The van der Waals surface area contributed by atoms with Gasteiger partial charge in [0.05, 0.1) is 33.5 Å². The maximum absolute atomic E-state index is 13.8. The number of ether oxygens (including phenoxy) is 5. The van der Waals surface area contributed by atoms with Gasteiger partial charge in [0, 0.05) is 43.5 Å². The van der Waals surface area contributed by atoms with E-state index in [0.29, 0.717) is 11.5 Å². The highest BCUT2D eigenvalue weighted by atomic mass is 31.2. The fraction of sp³-hybridized carbons (Fsp3) is 0.361. The number of carbonyl (C=O) groups is 2. The van der Waals surface area contributed by atoms with Crippen molar-refractivity contribution in [3.8, 4) is 34.5 Å². The smallest absolute Gasteiger partial charge is 0.330 e. The first-order chi connectivity index (χ1) is 37.8. The third-order valence-electron chi connectivity index (χ3n) is 13.7. The summed E-state index contributed by atoms with van der Waals surface area (Å²) in [6, 6.07) is 41.4. The Morgan fingerprint density at radius 1 is 0.821 bits per heavy atom. The van der Waals surface area contributed by atoms with Crippen LogP contribution >= 0.6 is 8.53 Å². The molecule has 2 heterocycles. The van der Waals surface area contributed by atoms with Gasteiger partial charge in [-0.15, -0.1) is 0 Å². The summed E-state index contributed by atoms with van der Waals surface area (Å²) in [7, 11) is 1.44. The van der Waals surface area contributed by atoms with Gasteiger partial charge in [0.15, 0.2) is 0 Å². The molecule has 1 saturated heterocycles. The molecule has 0 spiro atoms. The van der Waals surface area contributed by atoms with Crippen molar-refractivity contribution in [2.45, 2.75) is 95.4 Å². The monoisotopic (exact) mass is 1080 g/mol. The van der Waals surface area contributed by atoms with Gasteiger partial charge >= 0.3 is 11.7 Å². The van der Waals surface area contributed by atoms with Crippen LogP contribution in [0, 0.1) is 18.4 Å². The Labute approximate surface area is 456 Å². The summed E-state index contributed by atoms with van der Waals surface area (Å²) in [5, 5.41) is 2.73. The van der Waals surface area contributed by atoms with Crippen LogP contribution in [0.5, 0.6) is 11.5 Å². The van der Waals surface area contributed by atoms with Crippen LogP contribution in [0.4, 0.5) is 0 Å². The number of nitrogens with zero attached hydrogens (tertiary/aromatic N) is 3. The van der Waals surface area contributed by atoms with Crippen LogP contribution in [0.3, 0.4) is 0 Å². The van der Waals surface area contributed by atoms with Crippen LogP contribution in [-0.4, -0.2) is 97.5 Å². The number of aromatic nitrogens is 2. The summed E-state index contributed by atoms with van der Waals surface area (Å²) < 4.78 is 47.7. The predicted molar refractivity (Wildman–Crippen MR) is 298 cm³/mol. The van der Waals surface area contributed by atoms with Gasteiger partial charge in [-0.25, -0.2) is 16.0 Å². The van der Waals surface area contributed by atoms with Gasteiger partial charge in [0.25, 0.3) is 14.1 Å². The van der Waals surface area contributed by atoms with Crippen LogP contribution in [0.1, 0.15) is 98.9 Å². The summed E-state index contributed by atoms with van der Waals surface area (Å²) in [5.41, 5.74) is 4.26. The van der Waals surface area contributed by atoms with Crippen molar-refractivity contribution in [2.24, 2.45) is 0 Å². The lowest BCUT2D eigenvalue weighted by Crippen LogP contribution is -2.39. The number of aromatic amines is 1. The van der Waals surface area contributed by atoms with Gasteiger partial charge in [-0.2, -0.15) is 0 Å². The van der Waals surface area contributed by atoms with Gasteiger partial charge in [0.2, 0.25) is 12.5 Å². The van der Waals surface area contributed by atoms with Crippen molar-refractivity contribution in [2.75, 3.05) is 47.1 Å². The SMILES string of the molecule is [C-]#[N+]CCOP(OC1C[C@H](n2cc(C#CCNC(=O)CCCC(=O)OCC3c4ccccc4-c4ccccc43)c(=O)[nH]c2=O)O[C@@H]1COC(c1ccccc1)(c1ccc(OC)cc1)c1ccc(OC)cc1)N(C(C)C)C(C)C. The van der Waals surface area contributed by atoms with E-state index >= 15 is 0 Å². The molecule has 406 valence electrons. The lowest BCUT2D eigenvalue weighted by molar-refractivity contribution is -0.144. The van der Waals surface area contributed by atoms with Crippen LogP contribution in [0.15, 0.2) is 143 Å². The van der Waals surface area contributed by atoms with E-state index < -0.39 is 43.8 Å². The third kappa shape index (κ3) is 13.3. The molecular formula is C61H66N5O11P. The first-order valence-electron chi connectivity index (χ1n) is 26.1. The average Bonchev–Trinajstić information content (AvgIpc) is 4.18. The fourth-order valence-corrected chi connectivity index (χ4v) is 11.8. The number of nitrogens with one attached hydrogen (secondary N) is 2. The molecule has 0 radical (unpaired) electrons. The molecule has 1 fully saturated rings. The number of H-pyrrole nitrogens is 1. The van der Waals surface area contributed by atoms with Crippen LogP contribution < -0.4 is 26.0 Å². The molecule has 8 rings (SSSR count). The van der Waals surface area contributed by atoms with Crippen LogP contribution in [0.25, 0.3) is 16.0 Å². The normalized spacial score (nSPS) is 16.2. The fourth-order valence-electron chi connectivity index (χ4n) is 10.1. The highest BCUT2D eigenvalue weighted by Gasteiger charge is 2.45. The third-order valence-corrected chi connectivity index (χ3v) is 15.9. The Morgan fingerprint density at radius 2 is 1.41 bits per heavy atom. The first-order valence-corrected chi connectivity index (χ1v) is 27.3. The molecule has 0 saturated carbocycles. The number of amides is 1. The maximum Gasteiger partial charge on any atom is 0.330 e. The van der Waals surface area contributed by atoms with Crippen molar-refractivity contribution in [1.82, 2.24) is 19.5 Å². The maximum atomic E-state index is 13.8. The molecule has 6 aromatic rings. The molecule has 2 N–H and O–H groups in total. The zero-order valence-corrected chi connectivity index (χ0v) is 45.7. The topological polar surface area (TPSA) is 173 Å². The zero-order valence-electron chi connectivity index (χ0n) is 44.8. The number of rotatable bonds is 24. The van der Waals surface area contributed by atoms with E-state index in [9.17, 15) is 19.2 Å². The molecule has 17 heteroatoms. The number of hydrogen-bond acceptors (Lipinski definition) is 12. The van der Waals surface area contributed by atoms with Crippen molar-refractivity contribution in [3.63, 3.8) is 0 Å². The summed E-state index contributed by atoms with van der Waals surface area (Å²) in [6.07, 6.45) is -0.631. The Kier molecular flexibility index (Phi) is 19.5. The number of methoxy groups -OCH3 is 2. The van der Waals surface area contributed by atoms with E-state index in [0.717, 1.165) is 38.9 Å². The van der Waals surface area contributed by atoms with E-state index in [-0.39, 0.29) is 94.0 Å². The van der Waals surface area contributed by atoms with E-state index in [1.807, 2.05) is 131 Å².